The van der Waals surface area contributed by atoms with E-state index in [9.17, 15) is 9.59 Å². The third-order valence-corrected chi connectivity index (χ3v) is 4.34. The van der Waals surface area contributed by atoms with Gasteiger partial charge in [0.05, 0.1) is 5.56 Å². The van der Waals surface area contributed by atoms with Gasteiger partial charge in [0.1, 0.15) is 12.4 Å². The van der Waals surface area contributed by atoms with E-state index in [1.807, 2.05) is 0 Å². The van der Waals surface area contributed by atoms with Gasteiger partial charge in [0.2, 0.25) is 5.95 Å². The lowest BCUT2D eigenvalue weighted by Gasteiger charge is -2.24. The van der Waals surface area contributed by atoms with Crippen molar-refractivity contribution < 1.29 is 9.53 Å². The summed E-state index contributed by atoms with van der Waals surface area (Å²) in [6, 6.07) is 7.04. The molecule has 0 fully saturated rings. The number of halogens is 1. The van der Waals surface area contributed by atoms with Gasteiger partial charge in [-0.1, -0.05) is 11.6 Å². The van der Waals surface area contributed by atoms with Crippen LogP contribution in [-0.2, 0) is 17.9 Å². The van der Waals surface area contributed by atoms with E-state index in [1.54, 1.807) is 37.5 Å². The van der Waals surface area contributed by atoms with E-state index in [1.165, 1.54) is 4.90 Å². The van der Waals surface area contributed by atoms with Crippen molar-refractivity contribution in [2.24, 2.45) is 0 Å². The number of nitrogens with zero attached hydrogens (tertiary/aromatic N) is 3. The summed E-state index contributed by atoms with van der Waals surface area (Å²) < 4.78 is 4.98. The monoisotopic (exact) mass is 371 g/mol. The van der Waals surface area contributed by atoms with Gasteiger partial charge in [0.25, 0.3) is 5.56 Å². The first-order chi connectivity index (χ1) is 12.5. The number of hydrogen-bond donors (Lipinski definition) is 2. The van der Waals surface area contributed by atoms with Crippen molar-refractivity contribution >= 4 is 40.4 Å². The summed E-state index contributed by atoms with van der Waals surface area (Å²) in [5.74, 6) is 0.800. The first kappa shape index (κ1) is 16.3. The lowest BCUT2D eigenvalue weighted by Crippen LogP contribution is -2.33. The Kier molecular flexibility index (Phi) is 3.96. The molecule has 1 amide bonds. The predicted molar refractivity (Wildman–Crippen MR) is 97.5 cm³/mol. The minimum absolute atomic E-state index is 0.143. The molecule has 0 saturated heterocycles. The second kappa shape index (κ2) is 6.30. The maximum atomic E-state index is 12.2. The third kappa shape index (κ3) is 2.95. The molecule has 4 rings (SSSR count). The number of rotatable bonds is 3. The number of aromatic amines is 1. The van der Waals surface area contributed by atoms with Gasteiger partial charge in [-0.15, -0.1) is 0 Å². The van der Waals surface area contributed by atoms with E-state index >= 15 is 0 Å². The van der Waals surface area contributed by atoms with Crippen LogP contribution in [0, 0.1) is 0 Å². The van der Waals surface area contributed by atoms with Crippen LogP contribution in [0.1, 0.15) is 11.1 Å². The molecule has 2 aromatic heterocycles. The molecule has 0 radical (unpaired) electrons. The van der Waals surface area contributed by atoms with E-state index in [-0.39, 0.29) is 18.7 Å². The molecule has 26 heavy (non-hydrogen) atoms. The SMILES string of the molecule is CN1C(=O)OCc2cnc(NCc3cc4cc(Cl)ccc4[nH]c3=O)nc21. The molecule has 1 aromatic carbocycles. The molecular formula is C17H14ClN5O3. The van der Waals surface area contributed by atoms with Crippen molar-refractivity contribution in [3.8, 4) is 0 Å². The molecule has 0 atom stereocenters. The van der Waals surface area contributed by atoms with Gasteiger partial charge in [-0.25, -0.2) is 9.78 Å². The number of benzene rings is 1. The third-order valence-electron chi connectivity index (χ3n) is 4.10. The van der Waals surface area contributed by atoms with Crippen molar-refractivity contribution in [2.45, 2.75) is 13.2 Å². The van der Waals surface area contributed by atoms with E-state index in [0.717, 1.165) is 10.9 Å². The molecule has 1 aliphatic rings. The van der Waals surface area contributed by atoms with Crippen molar-refractivity contribution in [3.63, 3.8) is 0 Å². The van der Waals surface area contributed by atoms with Crippen LogP contribution in [0.5, 0.6) is 0 Å². The smallest absolute Gasteiger partial charge is 0.415 e. The fourth-order valence-corrected chi connectivity index (χ4v) is 2.91. The molecule has 0 unspecified atom stereocenters. The van der Waals surface area contributed by atoms with Gasteiger partial charge in [-0.2, -0.15) is 4.98 Å². The lowest BCUT2D eigenvalue weighted by molar-refractivity contribution is 0.143. The zero-order valence-electron chi connectivity index (χ0n) is 13.7. The number of fused-ring (bicyclic) bond motifs is 2. The van der Waals surface area contributed by atoms with E-state index in [0.29, 0.717) is 27.9 Å². The first-order valence-electron chi connectivity index (χ1n) is 7.83. The highest BCUT2D eigenvalue weighted by Gasteiger charge is 2.24. The number of anilines is 2. The number of ether oxygens (including phenoxy) is 1. The molecule has 132 valence electrons. The number of hydrogen-bond acceptors (Lipinski definition) is 6. The molecule has 0 aliphatic carbocycles. The number of H-pyrrole nitrogens is 1. The van der Waals surface area contributed by atoms with Crippen LogP contribution in [0.15, 0.2) is 35.3 Å². The van der Waals surface area contributed by atoms with Gasteiger partial charge in [0, 0.05) is 41.3 Å². The lowest BCUT2D eigenvalue weighted by atomic mass is 10.1. The van der Waals surface area contributed by atoms with Gasteiger partial charge in [-0.05, 0) is 24.3 Å². The average Bonchev–Trinajstić information content (AvgIpc) is 2.63. The van der Waals surface area contributed by atoms with Crippen molar-refractivity contribution in [1.82, 2.24) is 15.0 Å². The molecule has 1 aliphatic heterocycles. The van der Waals surface area contributed by atoms with Crippen LogP contribution in [0.4, 0.5) is 16.6 Å². The number of carbonyl (C=O) groups excluding carboxylic acids is 1. The summed E-state index contributed by atoms with van der Waals surface area (Å²) in [7, 11) is 1.58. The molecule has 3 aromatic rings. The molecule has 9 heteroatoms. The first-order valence-corrected chi connectivity index (χ1v) is 8.21. The summed E-state index contributed by atoms with van der Waals surface area (Å²) in [4.78, 5) is 36.5. The standard InChI is InChI=1S/C17H14ClN5O3/c1-23-14-11(8-26-17(23)25)7-20-16(22-14)19-6-10-4-9-5-12(18)2-3-13(9)21-15(10)24/h2-5,7H,6,8H2,1H3,(H,21,24)(H,19,20,22). The Hall–Kier alpha value is -3.13. The molecule has 8 nitrogen and oxygen atoms in total. The topological polar surface area (TPSA) is 100 Å². The average molecular weight is 372 g/mol. The summed E-state index contributed by atoms with van der Waals surface area (Å²) in [5, 5.41) is 4.44. The Morgan fingerprint density at radius 2 is 2.19 bits per heavy atom. The number of carbonyl (C=O) groups is 1. The second-order valence-electron chi connectivity index (χ2n) is 5.86. The molecular weight excluding hydrogens is 358 g/mol. The number of aromatic nitrogens is 3. The van der Waals surface area contributed by atoms with Crippen LogP contribution in [0.2, 0.25) is 5.02 Å². The van der Waals surface area contributed by atoms with Crippen LogP contribution in [-0.4, -0.2) is 28.1 Å². The van der Waals surface area contributed by atoms with Crippen LogP contribution < -0.4 is 15.8 Å². The fraction of sp³-hybridized carbons (Fsp3) is 0.176. The van der Waals surface area contributed by atoms with Gasteiger partial charge in [-0.3, -0.25) is 9.69 Å². The highest BCUT2D eigenvalue weighted by Crippen LogP contribution is 2.24. The van der Waals surface area contributed by atoms with Crippen LogP contribution in [0.25, 0.3) is 10.9 Å². The van der Waals surface area contributed by atoms with Crippen LogP contribution >= 0.6 is 11.6 Å². The fourth-order valence-electron chi connectivity index (χ4n) is 2.73. The minimum Gasteiger partial charge on any atom is -0.444 e. The Balaban J connectivity index is 1.60. The largest absolute Gasteiger partial charge is 0.444 e. The normalized spacial score (nSPS) is 13.5. The number of nitrogens with one attached hydrogen (secondary N) is 2. The second-order valence-corrected chi connectivity index (χ2v) is 6.30. The van der Waals surface area contributed by atoms with Crippen molar-refractivity contribution in [1.29, 1.82) is 0 Å². The number of amides is 1. The maximum absolute atomic E-state index is 12.2. The van der Waals surface area contributed by atoms with Gasteiger partial charge in [0.15, 0.2) is 0 Å². The Labute approximate surface area is 152 Å². The number of pyridine rings is 1. The summed E-state index contributed by atoms with van der Waals surface area (Å²) in [5.41, 5.74) is 1.75. The zero-order chi connectivity index (χ0) is 18.3. The Morgan fingerprint density at radius 3 is 3.04 bits per heavy atom. The van der Waals surface area contributed by atoms with Gasteiger partial charge >= 0.3 is 6.09 Å². The van der Waals surface area contributed by atoms with Crippen molar-refractivity contribution in [3.05, 3.63) is 57.0 Å². The summed E-state index contributed by atoms with van der Waals surface area (Å²) >= 11 is 6.01. The Bertz CT molecular complexity index is 1080. The molecule has 0 saturated carbocycles. The maximum Gasteiger partial charge on any atom is 0.415 e. The predicted octanol–water partition coefficient (Wildman–Crippen LogP) is 2.67. The van der Waals surface area contributed by atoms with Gasteiger partial charge < -0.3 is 15.0 Å². The quantitative estimate of drug-likeness (QED) is 0.734. The molecule has 2 N–H and O–H groups in total. The summed E-state index contributed by atoms with van der Waals surface area (Å²) in [6.07, 6.45) is 1.13. The van der Waals surface area contributed by atoms with E-state index in [4.69, 9.17) is 16.3 Å². The van der Waals surface area contributed by atoms with E-state index in [2.05, 4.69) is 20.3 Å². The molecule has 0 bridgehead atoms. The Morgan fingerprint density at radius 1 is 1.35 bits per heavy atom. The number of cyclic esters (lactones) is 1. The molecule has 3 heterocycles. The highest BCUT2D eigenvalue weighted by molar-refractivity contribution is 6.31. The van der Waals surface area contributed by atoms with Crippen molar-refractivity contribution in [2.75, 3.05) is 17.3 Å². The summed E-state index contributed by atoms with van der Waals surface area (Å²) in [6.45, 7) is 0.370. The molecule has 0 spiro atoms. The van der Waals surface area contributed by atoms with Crippen LogP contribution in [0.3, 0.4) is 0 Å². The minimum atomic E-state index is -0.468. The highest BCUT2D eigenvalue weighted by atomic mass is 35.5. The van der Waals surface area contributed by atoms with E-state index < -0.39 is 6.09 Å². The zero-order valence-corrected chi connectivity index (χ0v) is 14.5.